The van der Waals surface area contributed by atoms with Gasteiger partial charge >= 0.3 is 11.9 Å². The van der Waals surface area contributed by atoms with E-state index < -0.39 is 58.0 Å². The predicted octanol–water partition coefficient (Wildman–Crippen LogP) is 7.27. The number of carbonyl (C=O) groups excluding carboxylic acids is 3. The van der Waals surface area contributed by atoms with Gasteiger partial charge in [0.25, 0.3) is 0 Å². The van der Waals surface area contributed by atoms with Crippen LogP contribution in [0.2, 0.25) is 0 Å². The van der Waals surface area contributed by atoms with Crippen molar-refractivity contribution in [1.29, 1.82) is 0 Å². The van der Waals surface area contributed by atoms with E-state index in [2.05, 4.69) is 20.8 Å². The summed E-state index contributed by atoms with van der Waals surface area (Å²) in [5.41, 5.74) is -3.90. The zero-order valence-electron chi connectivity index (χ0n) is 29.4. The third-order valence-corrected chi connectivity index (χ3v) is 12.4. The Hall–Kier alpha value is -1.99. The number of allylic oxidation sites excluding steroid dienone is 1. The van der Waals surface area contributed by atoms with Crippen molar-refractivity contribution in [2.24, 2.45) is 40.4 Å². The molecule has 2 fully saturated rings. The molecule has 254 valence electrons. The first-order valence-corrected chi connectivity index (χ1v) is 17.8. The second-order valence-electron chi connectivity index (χ2n) is 15.9. The van der Waals surface area contributed by atoms with Crippen LogP contribution in [-0.4, -0.2) is 51.3 Å². The van der Waals surface area contributed by atoms with Crippen LogP contribution < -0.4 is 0 Å². The highest BCUT2D eigenvalue weighted by Gasteiger charge is 2.83. The third-order valence-electron chi connectivity index (χ3n) is 12.4. The van der Waals surface area contributed by atoms with Gasteiger partial charge in [-0.1, -0.05) is 112 Å². The SMILES string of the molecule is CCCCCCCCCCCC(=O)O[C@@]12C[C@@H](C)[C@]34C=C(C)[C@H](OC(=O)C(C)C(C)C)[C@@]3(O)[C@H](O)C(C)=C[C@H](C4=O)[C@@H]1C2(C)C. The first kappa shape index (κ1) is 35.9. The minimum absolute atomic E-state index is 0.0229. The second kappa shape index (κ2) is 13.3. The number of aliphatic hydroxyl groups is 2. The highest BCUT2D eigenvalue weighted by atomic mass is 16.6. The summed E-state index contributed by atoms with van der Waals surface area (Å²) in [7, 11) is 0. The highest BCUT2D eigenvalue weighted by molar-refractivity contribution is 5.96. The average Bonchev–Trinajstić information content (AvgIpc) is 3.37. The average molecular weight is 629 g/mol. The van der Waals surface area contributed by atoms with E-state index in [-0.39, 0.29) is 23.6 Å². The molecule has 2 bridgehead atoms. The van der Waals surface area contributed by atoms with E-state index in [0.717, 1.165) is 19.3 Å². The fraction of sp³-hybridized carbons (Fsp3) is 0.816. The smallest absolute Gasteiger partial charge is 0.309 e. The summed E-state index contributed by atoms with van der Waals surface area (Å²) in [5, 5.41) is 24.5. The van der Waals surface area contributed by atoms with Crippen molar-refractivity contribution in [2.75, 3.05) is 0 Å². The molecule has 2 saturated carbocycles. The molecule has 4 aliphatic carbocycles. The number of esters is 2. The van der Waals surface area contributed by atoms with E-state index >= 15 is 0 Å². The van der Waals surface area contributed by atoms with Gasteiger partial charge in [-0.05, 0) is 49.7 Å². The quantitative estimate of drug-likeness (QED) is 0.118. The monoisotopic (exact) mass is 628 g/mol. The Morgan fingerprint density at radius 2 is 1.56 bits per heavy atom. The van der Waals surface area contributed by atoms with E-state index in [1.54, 1.807) is 32.9 Å². The molecule has 0 aromatic rings. The van der Waals surface area contributed by atoms with E-state index in [1.165, 1.54) is 38.5 Å². The molecule has 0 aromatic carbocycles. The fourth-order valence-electron chi connectivity index (χ4n) is 9.20. The maximum atomic E-state index is 14.8. The normalized spacial score (nSPS) is 37.1. The minimum Gasteiger partial charge on any atom is -0.458 e. The van der Waals surface area contributed by atoms with Crippen molar-refractivity contribution in [3.8, 4) is 0 Å². The summed E-state index contributed by atoms with van der Waals surface area (Å²) in [6, 6.07) is 0. The molecule has 7 nitrogen and oxygen atoms in total. The number of unbranched alkanes of at least 4 members (excludes halogenated alkanes) is 8. The van der Waals surface area contributed by atoms with E-state index in [4.69, 9.17) is 9.47 Å². The van der Waals surface area contributed by atoms with E-state index in [1.807, 2.05) is 20.8 Å². The number of hydrogen-bond donors (Lipinski definition) is 2. The predicted molar refractivity (Wildman–Crippen MR) is 175 cm³/mol. The lowest BCUT2D eigenvalue weighted by Crippen LogP contribution is -2.65. The van der Waals surface area contributed by atoms with Crippen LogP contribution in [0.25, 0.3) is 0 Å². The molecule has 1 unspecified atom stereocenters. The molecule has 45 heavy (non-hydrogen) atoms. The first-order chi connectivity index (χ1) is 21.0. The van der Waals surface area contributed by atoms with Crippen LogP contribution in [0.3, 0.4) is 0 Å². The Bertz CT molecular complexity index is 1200. The van der Waals surface area contributed by atoms with Gasteiger partial charge in [0.1, 0.15) is 11.7 Å². The van der Waals surface area contributed by atoms with Crippen LogP contribution in [0.15, 0.2) is 23.3 Å². The van der Waals surface area contributed by atoms with Gasteiger partial charge in [-0.15, -0.1) is 0 Å². The third kappa shape index (κ3) is 5.76. The highest BCUT2D eigenvalue weighted by Crippen LogP contribution is 2.75. The van der Waals surface area contributed by atoms with Gasteiger partial charge in [-0.25, -0.2) is 0 Å². The van der Waals surface area contributed by atoms with Crippen molar-refractivity contribution in [2.45, 2.75) is 156 Å². The Morgan fingerprint density at radius 1 is 0.978 bits per heavy atom. The molecule has 4 rings (SSSR count). The minimum atomic E-state index is -2.09. The molecule has 9 atom stereocenters. The zero-order valence-corrected chi connectivity index (χ0v) is 29.4. The second-order valence-corrected chi connectivity index (χ2v) is 15.9. The number of Topliss-reactive ketones (excluding diaryl/α,β-unsaturated/α-hetero) is 1. The summed E-state index contributed by atoms with van der Waals surface area (Å²) in [6.07, 6.45) is 12.1. The molecular formula is C38H60O7. The molecule has 0 amide bonds. The van der Waals surface area contributed by atoms with Crippen molar-refractivity contribution >= 4 is 17.7 Å². The maximum Gasteiger partial charge on any atom is 0.309 e. The molecule has 7 heteroatoms. The zero-order chi connectivity index (χ0) is 33.5. The lowest BCUT2D eigenvalue weighted by Gasteiger charge is -2.49. The van der Waals surface area contributed by atoms with E-state index in [0.29, 0.717) is 24.0 Å². The Kier molecular flexibility index (Phi) is 10.6. The van der Waals surface area contributed by atoms with Gasteiger partial charge in [0.2, 0.25) is 0 Å². The molecule has 0 aliphatic heterocycles. The summed E-state index contributed by atoms with van der Waals surface area (Å²) in [5.74, 6) is -2.75. The van der Waals surface area contributed by atoms with Crippen LogP contribution in [-0.2, 0) is 23.9 Å². The summed E-state index contributed by atoms with van der Waals surface area (Å²) < 4.78 is 12.4. The lowest BCUT2D eigenvalue weighted by atomic mass is 9.59. The van der Waals surface area contributed by atoms with Gasteiger partial charge < -0.3 is 19.7 Å². The van der Waals surface area contributed by atoms with Crippen LogP contribution in [0.4, 0.5) is 0 Å². The molecule has 2 N–H and O–H groups in total. The molecule has 0 heterocycles. The van der Waals surface area contributed by atoms with Gasteiger partial charge in [-0.3, -0.25) is 14.4 Å². The molecular weight excluding hydrogens is 568 g/mol. The van der Waals surface area contributed by atoms with Crippen molar-refractivity contribution in [3.05, 3.63) is 23.3 Å². The number of ether oxygens (including phenoxy) is 2. The molecule has 0 saturated heterocycles. The van der Waals surface area contributed by atoms with Crippen LogP contribution in [0.5, 0.6) is 0 Å². The van der Waals surface area contributed by atoms with Crippen molar-refractivity contribution in [1.82, 2.24) is 0 Å². The summed E-state index contributed by atoms with van der Waals surface area (Å²) in [6.45, 7) is 17.4. The summed E-state index contributed by atoms with van der Waals surface area (Å²) in [4.78, 5) is 41.4. The molecule has 1 spiro atoms. The standard InChI is InChI=1S/C38H60O7/c1-10-11-12-13-14-15-16-17-18-19-29(39)45-37-22-26(6)36-21-25(5)33(44-34(42)27(7)23(2)3)38(36,43)31(40)24(4)20-28(32(36)41)30(37)35(37,8)9/h20-21,23,26-28,30-31,33,40,43H,10-19,22H2,1-9H3/t26-,27?,28+,30-,31-,33+,36+,37+,38+/m1/s1. The van der Waals surface area contributed by atoms with Crippen LogP contribution >= 0.6 is 0 Å². The Labute approximate surface area is 271 Å². The van der Waals surface area contributed by atoms with Gasteiger partial charge in [-0.2, -0.15) is 0 Å². The first-order valence-electron chi connectivity index (χ1n) is 17.8. The number of fused-ring (bicyclic) bond motifs is 3. The van der Waals surface area contributed by atoms with Gasteiger partial charge in [0.05, 0.1) is 11.3 Å². The van der Waals surface area contributed by atoms with Gasteiger partial charge in [0, 0.05) is 23.7 Å². The Balaban J connectivity index is 1.57. The number of ketones is 1. The topological polar surface area (TPSA) is 110 Å². The van der Waals surface area contributed by atoms with Crippen molar-refractivity contribution in [3.63, 3.8) is 0 Å². The number of hydrogen-bond acceptors (Lipinski definition) is 7. The number of rotatable bonds is 14. The maximum absolute atomic E-state index is 14.8. The van der Waals surface area contributed by atoms with Crippen LogP contribution in [0, 0.1) is 40.4 Å². The van der Waals surface area contributed by atoms with Crippen LogP contribution in [0.1, 0.15) is 133 Å². The van der Waals surface area contributed by atoms with Gasteiger partial charge in [0.15, 0.2) is 17.5 Å². The molecule has 4 aliphatic rings. The largest absolute Gasteiger partial charge is 0.458 e. The lowest BCUT2D eigenvalue weighted by molar-refractivity contribution is -0.206. The van der Waals surface area contributed by atoms with Crippen molar-refractivity contribution < 1.29 is 34.1 Å². The Morgan fingerprint density at radius 3 is 2.13 bits per heavy atom. The molecule has 0 radical (unpaired) electrons. The summed E-state index contributed by atoms with van der Waals surface area (Å²) >= 11 is 0. The molecule has 0 aromatic heterocycles. The number of aliphatic hydroxyl groups excluding tert-OH is 1. The number of carbonyl (C=O) groups is 3. The fourth-order valence-corrected chi connectivity index (χ4v) is 9.20. The van der Waals surface area contributed by atoms with E-state index in [9.17, 15) is 24.6 Å².